The smallest absolute Gasteiger partial charge is 0.133 e. The molecule has 0 aliphatic heterocycles. The Morgan fingerprint density at radius 1 is 1.47 bits per heavy atom. The summed E-state index contributed by atoms with van der Waals surface area (Å²) in [7, 11) is 0. The minimum Gasteiger partial charge on any atom is -0.492 e. The number of rotatable bonds is 5. The molecule has 0 heterocycles. The highest BCUT2D eigenvalue weighted by atomic mass is 79.9. The van der Waals surface area contributed by atoms with Gasteiger partial charge in [0.15, 0.2) is 0 Å². The van der Waals surface area contributed by atoms with Crippen LogP contribution in [0.25, 0.3) is 0 Å². The van der Waals surface area contributed by atoms with E-state index in [0.29, 0.717) is 12.5 Å². The van der Waals surface area contributed by atoms with E-state index in [4.69, 9.17) is 10.5 Å². The van der Waals surface area contributed by atoms with E-state index in [2.05, 4.69) is 29.8 Å². The van der Waals surface area contributed by atoms with Gasteiger partial charge in [-0.1, -0.05) is 26.3 Å². The minimum atomic E-state index is 0.560. The van der Waals surface area contributed by atoms with E-state index in [1.54, 1.807) is 0 Å². The monoisotopic (exact) mass is 271 g/mol. The van der Waals surface area contributed by atoms with Crippen LogP contribution in [0, 0.1) is 5.92 Å². The lowest BCUT2D eigenvalue weighted by molar-refractivity contribution is 0.255. The van der Waals surface area contributed by atoms with Crippen molar-refractivity contribution in [1.29, 1.82) is 0 Å². The van der Waals surface area contributed by atoms with E-state index in [9.17, 15) is 0 Å². The molecular formula is C12H18BrNO. The van der Waals surface area contributed by atoms with Crippen LogP contribution in [-0.2, 0) is 6.54 Å². The van der Waals surface area contributed by atoms with Crippen LogP contribution in [0.4, 0.5) is 0 Å². The maximum Gasteiger partial charge on any atom is 0.133 e. The molecule has 0 aliphatic rings. The summed E-state index contributed by atoms with van der Waals surface area (Å²) in [4.78, 5) is 0. The summed E-state index contributed by atoms with van der Waals surface area (Å²) in [6, 6.07) is 5.97. The third kappa shape index (κ3) is 3.84. The van der Waals surface area contributed by atoms with Gasteiger partial charge in [0, 0.05) is 6.54 Å². The van der Waals surface area contributed by atoms with Gasteiger partial charge in [-0.3, -0.25) is 0 Å². The number of ether oxygens (including phenoxy) is 1. The summed E-state index contributed by atoms with van der Waals surface area (Å²) in [6.45, 7) is 5.67. The van der Waals surface area contributed by atoms with Gasteiger partial charge in [-0.2, -0.15) is 0 Å². The van der Waals surface area contributed by atoms with Crippen molar-refractivity contribution < 1.29 is 4.74 Å². The Morgan fingerprint density at radius 3 is 2.73 bits per heavy atom. The number of benzene rings is 1. The van der Waals surface area contributed by atoms with Crippen molar-refractivity contribution in [1.82, 2.24) is 0 Å². The Labute approximate surface area is 99.9 Å². The quantitative estimate of drug-likeness (QED) is 0.892. The first-order valence-electron chi connectivity index (χ1n) is 5.28. The Kier molecular flexibility index (Phi) is 5.12. The fourth-order valence-corrected chi connectivity index (χ4v) is 1.68. The van der Waals surface area contributed by atoms with Gasteiger partial charge in [0.1, 0.15) is 5.75 Å². The summed E-state index contributed by atoms with van der Waals surface area (Å²) in [6.07, 6.45) is 1.14. The van der Waals surface area contributed by atoms with Gasteiger partial charge in [0.05, 0.1) is 11.1 Å². The van der Waals surface area contributed by atoms with E-state index >= 15 is 0 Å². The molecule has 0 bridgehead atoms. The second-order valence-electron chi connectivity index (χ2n) is 3.79. The molecule has 0 amide bonds. The van der Waals surface area contributed by atoms with Gasteiger partial charge in [0.2, 0.25) is 0 Å². The molecule has 2 N–H and O–H groups in total. The van der Waals surface area contributed by atoms with Crippen LogP contribution in [0.2, 0.25) is 0 Å². The molecule has 0 spiro atoms. The largest absolute Gasteiger partial charge is 0.492 e. The number of halogens is 1. The highest BCUT2D eigenvalue weighted by molar-refractivity contribution is 9.10. The Bertz CT molecular complexity index is 314. The molecular weight excluding hydrogens is 254 g/mol. The SMILES string of the molecule is CCC(C)COc1ccc(CN)cc1Br. The molecule has 0 saturated carbocycles. The number of hydrogen-bond donors (Lipinski definition) is 1. The topological polar surface area (TPSA) is 35.2 Å². The zero-order valence-corrected chi connectivity index (χ0v) is 10.9. The molecule has 84 valence electrons. The zero-order valence-electron chi connectivity index (χ0n) is 9.29. The Morgan fingerprint density at radius 2 is 2.20 bits per heavy atom. The van der Waals surface area contributed by atoms with Crippen LogP contribution in [0.1, 0.15) is 25.8 Å². The van der Waals surface area contributed by atoms with Crippen LogP contribution >= 0.6 is 15.9 Å². The molecule has 2 nitrogen and oxygen atoms in total. The second kappa shape index (κ2) is 6.13. The van der Waals surface area contributed by atoms with Crippen molar-refractivity contribution in [2.45, 2.75) is 26.8 Å². The summed E-state index contributed by atoms with van der Waals surface area (Å²) in [5, 5.41) is 0. The third-order valence-electron chi connectivity index (χ3n) is 2.45. The van der Waals surface area contributed by atoms with Gasteiger partial charge in [-0.25, -0.2) is 0 Å². The first-order valence-corrected chi connectivity index (χ1v) is 6.08. The summed E-state index contributed by atoms with van der Waals surface area (Å²) in [5.41, 5.74) is 6.66. The fourth-order valence-electron chi connectivity index (χ4n) is 1.14. The van der Waals surface area contributed by atoms with E-state index in [1.807, 2.05) is 18.2 Å². The average molecular weight is 272 g/mol. The molecule has 3 heteroatoms. The molecule has 1 atom stereocenters. The predicted molar refractivity (Wildman–Crippen MR) is 67.0 cm³/mol. The van der Waals surface area contributed by atoms with Crippen LogP contribution < -0.4 is 10.5 Å². The molecule has 0 aromatic heterocycles. The highest BCUT2D eigenvalue weighted by Gasteiger charge is 2.04. The lowest BCUT2D eigenvalue weighted by Gasteiger charge is -2.12. The number of hydrogen-bond acceptors (Lipinski definition) is 2. The van der Waals surface area contributed by atoms with Gasteiger partial charge < -0.3 is 10.5 Å². The van der Waals surface area contributed by atoms with Crippen molar-refractivity contribution >= 4 is 15.9 Å². The molecule has 15 heavy (non-hydrogen) atoms. The third-order valence-corrected chi connectivity index (χ3v) is 3.07. The Balaban J connectivity index is 2.62. The van der Waals surface area contributed by atoms with Crippen LogP contribution in [0.5, 0.6) is 5.75 Å². The summed E-state index contributed by atoms with van der Waals surface area (Å²) < 4.78 is 6.68. The zero-order chi connectivity index (χ0) is 11.3. The lowest BCUT2D eigenvalue weighted by Crippen LogP contribution is -2.07. The average Bonchev–Trinajstić information content (AvgIpc) is 2.26. The first-order chi connectivity index (χ1) is 7.17. The summed E-state index contributed by atoms with van der Waals surface area (Å²) in [5.74, 6) is 1.48. The molecule has 0 fully saturated rings. The molecule has 1 unspecified atom stereocenters. The van der Waals surface area contributed by atoms with Gasteiger partial charge in [-0.05, 0) is 39.5 Å². The van der Waals surface area contributed by atoms with Gasteiger partial charge >= 0.3 is 0 Å². The second-order valence-corrected chi connectivity index (χ2v) is 4.65. The van der Waals surface area contributed by atoms with Gasteiger partial charge in [-0.15, -0.1) is 0 Å². The van der Waals surface area contributed by atoms with Crippen LogP contribution in [-0.4, -0.2) is 6.61 Å². The van der Waals surface area contributed by atoms with E-state index in [-0.39, 0.29) is 0 Å². The minimum absolute atomic E-state index is 0.560. The highest BCUT2D eigenvalue weighted by Crippen LogP contribution is 2.26. The molecule has 1 aromatic rings. The van der Waals surface area contributed by atoms with Crippen molar-refractivity contribution in [3.8, 4) is 5.75 Å². The fraction of sp³-hybridized carbons (Fsp3) is 0.500. The normalized spacial score (nSPS) is 12.5. The van der Waals surface area contributed by atoms with Crippen molar-refractivity contribution in [2.75, 3.05) is 6.61 Å². The van der Waals surface area contributed by atoms with Crippen molar-refractivity contribution in [3.63, 3.8) is 0 Å². The number of nitrogens with two attached hydrogens (primary N) is 1. The predicted octanol–water partition coefficient (Wildman–Crippen LogP) is 3.33. The van der Waals surface area contributed by atoms with Crippen LogP contribution in [0.3, 0.4) is 0 Å². The van der Waals surface area contributed by atoms with Crippen molar-refractivity contribution in [3.05, 3.63) is 28.2 Å². The van der Waals surface area contributed by atoms with Gasteiger partial charge in [0.25, 0.3) is 0 Å². The molecule has 0 radical (unpaired) electrons. The van der Waals surface area contributed by atoms with E-state index < -0.39 is 0 Å². The van der Waals surface area contributed by atoms with E-state index in [1.165, 1.54) is 0 Å². The first kappa shape index (κ1) is 12.5. The maximum absolute atomic E-state index is 5.70. The van der Waals surface area contributed by atoms with Crippen LogP contribution in [0.15, 0.2) is 22.7 Å². The maximum atomic E-state index is 5.70. The van der Waals surface area contributed by atoms with E-state index in [0.717, 1.165) is 28.8 Å². The molecule has 0 saturated heterocycles. The standard InChI is InChI=1S/C12H18BrNO/c1-3-9(2)8-15-12-5-4-10(7-14)6-11(12)13/h4-6,9H,3,7-8,14H2,1-2H3. The molecule has 1 rings (SSSR count). The lowest BCUT2D eigenvalue weighted by atomic mass is 10.1. The Hall–Kier alpha value is -0.540. The molecule has 1 aromatic carbocycles. The summed E-state index contributed by atoms with van der Waals surface area (Å²) >= 11 is 3.48. The molecule has 0 aliphatic carbocycles. The van der Waals surface area contributed by atoms with Crippen molar-refractivity contribution in [2.24, 2.45) is 11.7 Å².